The maximum atomic E-state index is 8.61. The molecule has 0 bridgehead atoms. The van der Waals surface area contributed by atoms with Gasteiger partial charge in [-0.3, -0.25) is 4.90 Å². The summed E-state index contributed by atoms with van der Waals surface area (Å²) in [5, 5.41) is 8.61. The summed E-state index contributed by atoms with van der Waals surface area (Å²) in [5.41, 5.74) is 0. The molecule has 1 aliphatic rings. The highest BCUT2D eigenvalue weighted by atomic mass is 16.5. The van der Waals surface area contributed by atoms with E-state index in [1.807, 2.05) is 0 Å². The van der Waals surface area contributed by atoms with Crippen molar-refractivity contribution in [2.75, 3.05) is 32.8 Å². The summed E-state index contributed by atoms with van der Waals surface area (Å²) in [7, 11) is 0. The first-order chi connectivity index (χ1) is 6.33. The summed E-state index contributed by atoms with van der Waals surface area (Å²) in [4.78, 5) is 2.45. The number of aliphatic hydroxyl groups is 1. The molecule has 1 saturated heterocycles. The molecule has 3 nitrogen and oxygen atoms in total. The zero-order valence-electron chi connectivity index (χ0n) is 8.54. The van der Waals surface area contributed by atoms with Gasteiger partial charge in [0.05, 0.1) is 12.7 Å². The van der Waals surface area contributed by atoms with Gasteiger partial charge in [-0.2, -0.15) is 0 Å². The number of unbranched alkanes of at least 4 members (excludes halogenated alkanes) is 2. The van der Waals surface area contributed by atoms with Gasteiger partial charge < -0.3 is 9.84 Å². The van der Waals surface area contributed by atoms with Crippen LogP contribution in [0, 0.1) is 0 Å². The lowest BCUT2D eigenvalue weighted by Gasteiger charge is -2.30. The van der Waals surface area contributed by atoms with Crippen LogP contribution in [0.15, 0.2) is 0 Å². The van der Waals surface area contributed by atoms with E-state index in [-0.39, 0.29) is 0 Å². The van der Waals surface area contributed by atoms with E-state index >= 15 is 0 Å². The minimum Gasteiger partial charge on any atom is -0.396 e. The number of ether oxygens (including phenoxy) is 1. The van der Waals surface area contributed by atoms with Crippen LogP contribution in [0.25, 0.3) is 0 Å². The molecular weight excluding hydrogens is 166 g/mol. The third-order valence-corrected chi connectivity index (χ3v) is 2.46. The van der Waals surface area contributed by atoms with E-state index in [9.17, 15) is 0 Å². The van der Waals surface area contributed by atoms with Crippen molar-refractivity contribution >= 4 is 0 Å². The summed E-state index contributed by atoms with van der Waals surface area (Å²) < 4.78 is 5.45. The van der Waals surface area contributed by atoms with Gasteiger partial charge in [-0.05, 0) is 32.7 Å². The molecule has 0 aromatic rings. The summed E-state index contributed by atoms with van der Waals surface area (Å²) >= 11 is 0. The van der Waals surface area contributed by atoms with E-state index in [0.29, 0.717) is 12.7 Å². The predicted molar refractivity (Wildman–Crippen MR) is 52.8 cm³/mol. The Morgan fingerprint density at radius 3 is 2.92 bits per heavy atom. The lowest BCUT2D eigenvalue weighted by Crippen LogP contribution is -2.41. The van der Waals surface area contributed by atoms with Gasteiger partial charge in [0.25, 0.3) is 0 Å². The van der Waals surface area contributed by atoms with Crippen LogP contribution < -0.4 is 0 Å². The normalized spacial score (nSPS) is 24.9. The SMILES string of the molecule is CC1CN(CCCCCO)CCO1. The van der Waals surface area contributed by atoms with Crippen LogP contribution in [0.4, 0.5) is 0 Å². The Hall–Kier alpha value is -0.120. The van der Waals surface area contributed by atoms with Crippen molar-refractivity contribution < 1.29 is 9.84 Å². The zero-order valence-corrected chi connectivity index (χ0v) is 8.54. The van der Waals surface area contributed by atoms with Gasteiger partial charge in [-0.1, -0.05) is 0 Å². The van der Waals surface area contributed by atoms with Crippen molar-refractivity contribution in [3.05, 3.63) is 0 Å². The van der Waals surface area contributed by atoms with Crippen molar-refractivity contribution in [1.82, 2.24) is 4.90 Å². The Kier molecular flexibility index (Phi) is 5.35. The van der Waals surface area contributed by atoms with Crippen LogP contribution in [0.3, 0.4) is 0 Å². The molecule has 3 heteroatoms. The number of morpholine rings is 1. The second-order valence-electron chi connectivity index (χ2n) is 3.77. The van der Waals surface area contributed by atoms with Crippen LogP contribution in [-0.2, 0) is 4.74 Å². The topological polar surface area (TPSA) is 32.7 Å². The van der Waals surface area contributed by atoms with Crippen molar-refractivity contribution in [3.8, 4) is 0 Å². The molecule has 1 rings (SSSR count). The summed E-state index contributed by atoms with van der Waals surface area (Å²) in [6.07, 6.45) is 3.68. The van der Waals surface area contributed by atoms with E-state index in [0.717, 1.165) is 39.1 Å². The van der Waals surface area contributed by atoms with Crippen molar-refractivity contribution in [2.45, 2.75) is 32.3 Å². The molecule has 0 aromatic carbocycles. The molecule has 78 valence electrons. The summed E-state index contributed by atoms with van der Waals surface area (Å²) in [6.45, 7) is 6.64. The van der Waals surface area contributed by atoms with Gasteiger partial charge in [0, 0.05) is 19.7 Å². The maximum Gasteiger partial charge on any atom is 0.0674 e. The molecule has 1 N–H and O–H groups in total. The largest absolute Gasteiger partial charge is 0.396 e. The molecule has 13 heavy (non-hydrogen) atoms. The first-order valence-electron chi connectivity index (χ1n) is 5.27. The van der Waals surface area contributed by atoms with Gasteiger partial charge in [0.2, 0.25) is 0 Å². The Labute approximate surface area is 80.7 Å². The Morgan fingerprint density at radius 2 is 2.23 bits per heavy atom. The second kappa shape index (κ2) is 6.35. The molecule has 0 aliphatic carbocycles. The Balaban J connectivity index is 2.00. The molecule has 1 aliphatic heterocycles. The molecular formula is C10H21NO2. The van der Waals surface area contributed by atoms with E-state index in [4.69, 9.17) is 9.84 Å². The van der Waals surface area contributed by atoms with E-state index in [1.54, 1.807) is 0 Å². The van der Waals surface area contributed by atoms with Crippen LogP contribution in [0.5, 0.6) is 0 Å². The molecule has 0 aromatic heterocycles. The lowest BCUT2D eigenvalue weighted by molar-refractivity contribution is -0.0186. The van der Waals surface area contributed by atoms with Crippen molar-refractivity contribution in [1.29, 1.82) is 0 Å². The fraction of sp³-hybridized carbons (Fsp3) is 1.00. The molecule has 0 amide bonds. The van der Waals surface area contributed by atoms with Crippen LogP contribution >= 0.6 is 0 Å². The lowest BCUT2D eigenvalue weighted by atomic mass is 10.2. The third-order valence-electron chi connectivity index (χ3n) is 2.46. The number of hydrogen-bond acceptors (Lipinski definition) is 3. The summed E-state index contributed by atoms with van der Waals surface area (Å²) in [5.74, 6) is 0. The van der Waals surface area contributed by atoms with Gasteiger partial charge in [-0.15, -0.1) is 0 Å². The van der Waals surface area contributed by atoms with Gasteiger partial charge in [0.1, 0.15) is 0 Å². The summed E-state index contributed by atoms with van der Waals surface area (Å²) in [6, 6.07) is 0. The molecule has 1 fully saturated rings. The minimum atomic E-state index is 0.333. The highest BCUT2D eigenvalue weighted by molar-refractivity contribution is 4.67. The van der Waals surface area contributed by atoms with E-state index in [1.165, 1.54) is 6.42 Å². The predicted octanol–water partition coefficient (Wildman–Crippen LogP) is 0.870. The molecule has 0 radical (unpaired) electrons. The van der Waals surface area contributed by atoms with E-state index in [2.05, 4.69) is 11.8 Å². The second-order valence-corrected chi connectivity index (χ2v) is 3.77. The standard InChI is InChI=1S/C10H21NO2/c1-10-9-11(6-8-13-10)5-3-2-4-7-12/h10,12H,2-9H2,1H3. The average molecular weight is 187 g/mol. The average Bonchev–Trinajstić information content (AvgIpc) is 2.13. The molecule has 0 spiro atoms. The Bertz CT molecular complexity index is 130. The minimum absolute atomic E-state index is 0.333. The number of nitrogens with zero attached hydrogens (tertiary/aromatic N) is 1. The van der Waals surface area contributed by atoms with Gasteiger partial charge in [-0.25, -0.2) is 0 Å². The number of hydrogen-bond donors (Lipinski definition) is 1. The van der Waals surface area contributed by atoms with Crippen molar-refractivity contribution in [2.24, 2.45) is 0 Å². The molecule has 1 atom stereocenters. The molecule has 1 heterocycles. The highest BCUT2D eigenvalue weighted by Gasteiger charge is 2.15. The first-order valence-corrected chi connectivity index (χ1v) is 5.27. The van der Waals surface area contributed by atoms with Crippen LogP contribution in [-0.4, -0.2) is 49.0 Å². The number of aliphatic hydroxyl groups excluding tert-OH is 1. The number of rotatable bonds is 5. The van der Waals surface area contributed by atoms with Gasteiger partial charge in [0.15, 0.2) is 0 Å². The smallest absolute Gasteiger partial charge is 0.0674 e. The highest BCUT2D eigenvalue weighted by Crippen LogP contribution is 2.06. The fourth-order valence-electron chi connectivity index (χ4n) is 1.72. The quantitative estimate of drug-likeness (QED) is 0.648. The van der Waals surface area contributed by atoms with E-state index < -0.39 is 0 Å². The van der Waals surface area contributed by atoms with Crippen molar-refractivity contribution in [3.63, 3.8) is 0 Å². The van der Waals surface area contributed by atoms with Crippen LogP contribution in [0.2, 0.25) is 0 Å². The zero-order chi connectivity index (χ0) is 9.52. The fourth-order valence-corrected chi connectivity index (χ4v) is 1.72. The molecule has 0 saturated carbocycles. The van der Waals surface area contributed by atoms with Gasteiger partial charge >= 0.3 is 0 Å². The van der Waals surface area contributed by atoms with Crippen LogP contribution in [0.1, 0.15) is 26.2 Å². The monoisotopic (exact) mass is 187 g/mol. The maximum absolute atomic E-state index is 8.61. The first kappa shape index (κ1) is 11.0. The third kappa shape index (κ3) is 4.60. The Morgan fingerprint density at radius 1 is 1.38 bits per heavy atom. The molecule has 1 unspecified atom stereocenters.